The van der Waals surface area contributed by atoms with Crippen molar-refractivity contribution in [3.8, 4) is 0 Å². The summed E-state index contributed by atoms with van der Waals surface area (Å²) < 4.78 is 17.0. The summed E-state index contributed by atoms with van der Waals surface area (Å²) >= 11 is 16.2. The van der Waals surface area contributed by atoms with E-state index in [9.17, 15) is 4.39 Å². The molecule has 3 rings (SSSR count). The molecule has 1 N–H and O–H groups in total. The Hall–Kier alpha value is -0.690. The van der Waals surface area contributed by atoms with Crippen LogP contribution in [-0.2, 0) is 6.54 Å². The number of hydrogen-bond acceptors (Lipinski definition) is 2. The third kappa shape index (κ3) is 2.50. The molecule has 1 aromatic carbocycles. The normalized spacial score (nSPS) is 11.3. The van der Waals surface area contributed by atoms with Crippen LogP contribution in [0.25, 0.3) is 11.0 Å². The van der Waals surface area contributed by atoms with Crippen molar-refractivity contribution < 1.29 is 4.39 Å². The Morgan fingerprint density at radius 1 is 1.42 bits per heavy atom. The monoisotopic (exact) mass is 376 g/mol. The second-order valence-corrected chi connectivity index (χ2v) is 7.35. The van der Waals surface area contributed by atoms with E-state index in [4.69, 9.17) is 23.8 Å². The van der Waals surface area contributed by atoms with E-state index in [2.05, 4.69) is 20.9 Å². The first-order chi connectivity index (χ1) is 9.04. The number of nitrogens with one attached hydrogen (secondary N) is 1. The number of H-pyrrole nitrogens is 1. The number of aromatic amines is 1. The summed E-state index contributed by atoms with van der Waals surface area (Å²) in [5.41, 5.74) is 1.46. The van der Waals surface area contributed by atoms with Crippen LogP contribution in [0.5, 0.6) is 0 Å². The number of hydrogen-bond donors (Lipinski definition) is 1. The molecule has 0 bridgehead atoms. The third-order valence-corrected chi connectivity index (χ3v) is 4.98. The molecule has 3 aromatic rings. The minimum absolute atomic E-state index is 0.0996. The fourth-order valence-electron chi connectivity index (χ4n) is 1.90. The first-order valence-electron chi connectivity index (χ1n) is 5.36. The standard InChI is InChI=1S/C12H7BrClFN2S2/c13-11-2-1-6(19-11)5-17-10-3-7(14)8(15)4-9(10)16-12(17)18/h1-4H,5H2,(H,16,18). The smallest absolute Gasteiger partial charge is 0.178 e. The van der Waals surface area contributed by atoms with E-state index in [1.165, 1.54) is 6.07 Å². The summed E-state index contributed by atoms with van der Waals surface area (Å²) in [5.74, 6) is -0.448. The SMILES string of the molecule is Fc1cc2[nH]c(=S)n(Cc3ccc(Br)s3)c2cc1Cl. The van der Waals surface area contributed by atoms with Crippen molar-refractivity contribution in [1.29, 1.82) is 0 Å². The molecule has 2 heterocycles. The van der Waals surface area contributed by atoms with Gasteiger partial charge in [0.15, 0.2) is 4.77 Å². The van der Waals surface area contributed by atoms with Crippen LogP contribution >= 0.6 is 51.1 Å². The van der Waals surface area contributed by atoms with Crippen LogP contribution in [0.4, 0.5) is 4.39 Å². The highest BCUT2D eigenvalue weighted by molar-refractivity contribution is 9.11. The molecule has 0 aliphatic rings. The fraction of sp³-hybridized carbons (Fsp3) is 0.0833. The molecule has 2 aromatic heterocycles. The van der Waals surface area contributed by atoms with Crippen LogP contribution in [0.1, 0.15) is 4.88 Å². The Bertz CT molecular complexity index is 821. The second kappa shape index (κ2) is 5.01. The Morgan fingerprint density at radius 2 is 2.21 bits per heavy atom. The molecule has 0 saturated carbocycles. The highest BCUT2D eigenvalue weighted by Crippen LogP contribution is 2.26. The van der Waals surface area contributed by atoms with Gasteiger partial charge in [-0.05, 0) is 46.3 Å². The average molecular weight is 378 g/mol. The number of fused-ring (bicyclic) bond motifs is 1. The van der Waals surface area contributed by atoms with E-state index >= 15 is 0 Å². The zero-order valence-corrected chi connectivity index (χ0v) is 13.4. The minimum Gasteiger partial charge on any atom is -0.330 e. The number of benzene rings is 1. The summed E-state index contributed by atoms with van der Waals surface area (Å²) in [5, 5.41) is 0.0996. The molecule has 98 valence electrons. The predicted octanol–water partition coefficient (Wildman–Crippen LogP) is 5.36. The molecule has 0 atom stereocenters. The summed E-state index contributed by atoms with van der Waals surface area (Å²) in [7, 11) is 0. The van der Waals surface area contributed by atoms with Crippen molar-refractivity contribution in [2.75, 3.05) is 0 Å². The van der Waals surface area contributed by atoms with E-state index in [0.717, 1.165) is 14.2 Å². The van der Waals surface area contributed by atoms with Crippen molar-refractivity contribution in [1.82, 2.24) is 9.55 Å². The zero-order chi connectivity index (χ0) is 13.6. The fourth-order valence-corrected chi connectivity index (χ4v) is 3.80. The number of rotatable bonds is 2. The van der Waals surface area contributed by atoms with Gasteiger partial charge in [-0.1, -0.05) is 11.6 Å². The van der Waals surface area contributed by atoms with Crippen LogP contribution in [0.2, 0.25) is 5.02 Å². The lowest BCUT2D eigenvalue weighted by atomic mass is 10.3. The molecular weight excluding hydrogens is 371 g/mol. The van der Waals surface area contributed by atoms with Crippen LogP contribution < -0.4 is 0 Å². The number of halogens is 3. The molecule has 0 fully saturated rings. The maximum Gasteiger partial charge on any atom is 0.178 e. The summed E-state index contributed by atoms with van der Waals surface area (Å²) in [6.45, 7) is 0.636. The van der Waals surface area contributed by atoms with E-state index in [1.807, 2.05) is 16.7 Å². The number of thiophene rings is 1. The van der Waals surface area contributed by atoms with Crippen molar-refractivity contribution in [3.63, 3.8) is 0 Å². The lowest BCUT2D eigenvalue weighted by Crippen LogP contribution is -1.97. The van der Waals surface area contributed by atoms with Gasteiger partial charge in [-0.25, -0.2) is 4.39 Å². The highest BCUT2D eigenvalue weighted by Gasteiger charge is 2.10. The van der Waals surface area contributed by atoms with Crippen molar-refractivity contribution >= 4 is 62.1 Å². The second-order valence-electron chi connectivity index (χ2n) is 4.01. The maximum atomic E-state index is 13.4. The van der Waals surface area contributed by atoms with Gasteiger partial charge < -0.3 is 9.55 Å². The molecule has 19 heavy (non-hydrogen) atoms. The van der Waals surface area contributed by atoms with Gasteiger partial charge in [-0.2, -0.15) is 0 Å². The van der Waals surface area contributed by atoms with Crippen molar-refractivity contribution in [2.24, 2.45) is 0 Å². The minimum atomic E-state index is -0.448. The molecule has 7 heteroatoms. The van der Waals surface area contributed by atoms with Crippen LogP contribution in [0.15, 0.2) is 28.1 Å². The average Bonchev–Trinajstić information content (AvgIpc) is 2.87. The summed E-state index contributed by atoms with van der Waals surface area (Å²) in [6.07, 6.45) is 0. The topological polar surface area (TPSA) is 20.7 Å². The Kier molecular flexibility index (Phi) is 3.51. The summed E-state index contributed by atoms with van der Waals surface area (Å²) in [4.78, 5) is 4.15. The number of imidazole rings is 1. The molecule has 0 amide bonds. The van der Waals surface area contributed by atoms with E-state index in [-0.39, 0.29) is 5.02 Å². The third-order valence-electron chi connectivity index (χ3n) is 2.76. The molecule has 0 unspecified atom stereocenters. The van der Waals surface area contributed by atoms with Gasteiger partial charge in [-0.15, -0.1) is 11.3 Å². The maximum absolute atomic E-state index is 13.4. The largest absolute Gasteiger partial charge is 0.330 e. The van der Waals surface area contributed by atoms with E-state index in [0.29, 0.717) is 16.8 Å². The predicted molar refractivity (Wildman–Crippen MR) is 83.2 cm³/mol. The molecule has 0 aliphatic carbocycles. The molecular formula is C12H7BrClFN2S2. The van der Waals surface area contributed by atoms with Gasteiger partial charge in [-0.3, -0.25) is 0 Å². The van der Waals surface area contributed by atoms with Crippen LogP contribution in [0, 0.1) is 10.6 Å². The first kappa shape index (κ1) is 13.3. The number of aromatic nitrogens is 2. The van der Waals surface area contributed by atoms with Gasteiger partial charge >= 0.3 is 0 Å². The zero-order valence-electron chi connectivity index (χ0n) is 9.41. The molecule has 0 spiro atoms. The number of nitrogens with zero attached hydrogens (tertiary/aromatic N) is 1. The molecule has 0 saturated heterocycles. The lowest BCUT2D eigenvalue weighted by Gasteiger charge is -2.03. The van der Waals surface area contributed by atoms with E-state index < -0.39 is 5.82 Å². The quantitative estimate of drug-likeness (QED) is 0.596. The van der Waals surface area contributed by atoms with Gasteiger partial charge in [0.05, 0.1) is 26.4 Å². The van der Waals surface area contributed by atoms with Gasteiger partial charge in [0.1, 0.15) is 5.82 Å². The Labute approximate surface area is 131 Å². The molecule has 2 nitrogen and oxygen atoms in total. The van der Waals surface area contributed by atoms with Gasteiger partial charge in [0.2, 0.25) is 0 Å². The van der Waals surface area contributed by atoms with Crippen LogP contribution in [0.3, 0.4) is 0 Å². The Balaban J connectivity index is 2.15. The molecule has 0 aliphatic heterocycles. The lowest BCUT2D eigenvalue weighted by molar-refractivity contribution is 0.629. The first-order valence-corrected chi connectivity index (χ1v) is 7.76. The van der Waals surface area contributed by atoms with Gasteiger partial charge in [0.25, 0.3) is 0 Å². The summed E-state index contributed by atoms with van der Waals surface area (Å²) in [6, 6.07) is 6.99. The van der Waals surface area contributed by atoms with E-state index in [1.54, 1.807) is 17.4 Å². The highest BCUT2D eigenvalue weighted by atomic mass is 79.9. The van der Waals surface area contributed by atoms with Crippen molar-refractivity contribution in [3.05, 3.63) is 48.5 Å². The van der Waals surface area contributed by atoms with Gasteiger partial charge in [0, 0.05) is 10.9 Å². The van der Waals surface area contributed by atoms with Crippen LogP contribution in [-0.4, -0.2) is 9.55 Å². The Morgan fingerprint density at radius 3 is 2.89 bits per heavy atom. The molecule has 0 radical (unpaired) electrons. The van der Waals surface area contributed by atoms with Crippen molar-refractivity contribution in [2.45, 2.75) is 6.54 Å².